The summed E-state index contributed by atoms with van der Waals surface area (Å²) in [5, 5.41) is 23.7. The summed E-state index contributed by atoms with van der Waals surface area (Å²) in [5.74, 6) is -0.661. The monoisotopic (exact) mass is 300 g/mol. The van der Waals surface area contributed by atoms with E-state index in [-0.39, 0.29) is 16.3 Å². The van der Waals surface area contributed by atoms with Crippen LogP contribution in [0, 0.1) is 10.1 Å². The van der Waals surface area contributed by atoms with E-state index in [1.54, 1.807) is 27.7 Å². The highest BCUT2D eigenvalue weighted by molar-refractivity contribution is 6.31. The quantitative estimate of drug-likeness (QED) is 0.660. The first-order valence-corrected chi connectivity index (χ1v) is 6.32. The van der Waals surface area contributed by atoms with Crippen LogP contribution >= 0.6 is 11.6 Å². The third-order valence-corrected chi connectivity index (χ3v) is 3.59. The third kappa shape index (κ3) is 3.46. The van der Waals surface area contributed by atoms with E-state index in [9.17, 15) is 20.0 Å². The van der Waals surface area contributed by atoms with Gasteiger partial charge in [-0.1, -0.05) is 11.6 Å². The van der Waals surface area contributed by atoms with E-state index >= 15 is 0 Å². The lowest BCUT2D eigenvalue weighted by Crippen LogP contribution is -2.57. The summed E-state index contributed by atoms with van der Waals surface area (Å²) < 4.78 is 0. The zero-order valence-corrected chi connectivity index (χ0v) is 12.5. The van der Waals surface area contributed by atoms with Crippen LogP contribution in [-0.4, -0.2) is 27.1 Å². The maximum absolute atomic E-state index is 12.2. The predicted octanol–water partition coefficient (Wildman–Crippen LogP) is 2.53. The number of nitrogens with one attached hydrogen (secondary N) is 1. The Kier molecular flexibility index (Phi) is 4.41. The largest absolute Gasteiger partial charge is 0.388 e. The number of nitrogens with zero attached hydrogens (tertiary/aromatic N) is 1. The van der Waals surface area contributed by atoms with Crippen LogP contribution in [0.25, 0.3) is 0 Å². The lowest BCUT2D eigenvalue weighted by molar-refractivity contribution is -0.385. The van der Waals surface area contributed by atoms with Gasteiger partial charge >= 0.3 is 0 Å². The van der Waals surface area contributed by atoms with Gasteiger partial charge in [-0.2, -0.15) is 0 Å². The van der Waals surface area contributed by atoms with Crippen molar-refractivity contribution < 1.29 is 14.8 Å². The normalized spacial score (nSPS) is 12.1. The molecule has 0 heterocycles. The molecular formula is C13H17ClN2O4. The van der Waals surface area contributed by atoms with E-state index in [1.807, 2.05) is 0 Å². The van der Waals surface area contributed by atoms with Gasteiger partial charge in [0.05, 0.1) is 16.1 Å². The molecule has 0 saturated heterocycles. The minimum absolute atomic E-state index is 0.139. The molecule has 0 aromatic heterocycles. The molecule has 0 radical (unpaired) electrons. The number of carbonyl (C=O) groups excluding carboxylic acids is 1. The SMILES string of the molecule is CC(C)(O)C(C)(C)NC(=O)c1cc(Cl)ccc1[N+](=O)[O-]. The Hall–Kier alpha value is -1.66. The molecule has 0 unspecified atom stereocenters. The fourth-order valence-corrected chi connectivity index (χ4v) is 1.53. The fourth-order valence-electron chi connectivity index (χ4n) is 1.35. The average molecular weight is 301 g/mol. The molecule has 0 bridgehead atoms. The molecule has 0 fully saturated rings. The third-order valence-electron chi connectivity index (χ3n) is 3.36. The summed E-state index contributed by atoms with van der Waals surface area (Å²) in [7, 11) is 0. The van der Waals surface area contributed by atoms with E-state index in [4.69, 9.17) is 11.6 Å². The number of nitro groups is 1. The number of hydrogen-bond donors (Lipinski definition) is 2. The standard InChI is InChI=1S/C13H17ClN2O4/c1-12(2,13(3,4)18)15-11(17)9-7-8(14)5-6-10(9)16(19)20/h5-7,18H,1-4H3,(H,15,17). The molecule has 0 saturated carbocycles. The highest BCUT2D eigenvalue weighted by Crippen LogP contribution is 2.25. The summed E-state index contributed by atoms with van der Waals surface area (Å²) in [6.45, 7) is 6.34. The maximum atomic E-state index is 12.2. The van der Waals surface area contributed by atoms with Crippen LogP contribution in [0.5, 0.6) is 0 Å². The van der Waals surface area contributed by atoms with Crippen LogP contribution in [0.15, 0.2) is 18.2 Å². The van der Waals surface area contributed by atoms with Crippen molar-refractivity contribution in [2.24, 2.45) is 0 Å². The number of nitro benzene ring substituents is 1. The van der Waals surface area contributed by atoms with Crippen molar-refractivity contribution in [2.45, 2.75) is 38.8 Å². The highest BCUT2D eigenvalue weighted by atomic mass is 35.5. The van der Waals surface area contributed by atoms with E-state index < -0.39 is 22.0 Å². The predicted molar refractivity (Wildman–Crippen MR) is 75.9 cm³/mol. The van der Waals surface area contributed by atoms with E-state index in [0.717, 1.165) is 0 Å². The Labute approximate surface area is 121 Å². The number of benzene rings is 1. The van der Waals surface area contributed by atoms with Gasteiger partial charge in [-0.25, -0.2) is 0 Å². The van der Waals surface area contributed by atoms with Crippen molar-refractivity contribution in [1.82, 2.24) is 5.32 Å². The Morgan fingerprint density at radius 3 is 2.35 bits per heavy atom. The first-order valence-electron chi connectivity index (χ1n) is 5.94. The maximum Gasteiger partial charge on any atom is 0.282 e. The Balaban J connectivity index is 3.16. The summed E-state index contributed by atoms with van der Waals surface area (Å²) in [6, 6.07) is 3.75. The fraction of sp³-hybridized carbons (Fsp3) is 0.462. The summed E-state index contributed by atoms with van der Waals surface area (Å²) in [6.07, 6.45) is 0. The van der Waals surface area contributed by atoms with Crippen LogP contribution in [0.1, 0.15) is 38.1 Å². The molecule has 7 heteroatoms. The number of hydrogen-bond acceptors (Lipinski definition) is 4. The van der Waals surface area contributed by atoms with E-state index in [0.29, 0.717) is 0 Å². The zero-order chi connectivity index (χ0) is 15.7. The molecule has 0 atom stereocenters. The van der Waals surface area contributed by atoms with E-state index in [2.05, 4.69) is 5.32 Å². The van der Waals surface area contributed by atoms with Gasteiger partial charge < -0.3 is 10.4 Å². The van der Waals surface area contributed by atoms with Gasteiger partial charge in [-0.15, -0.1) is 0 Å². The van der Waals surface area contributed by atoms with Gasteiger partial charge in [0.15, 0.2) is 0 Å². The van der Waals surface area contributed by atoms with Crippen molar-refractivity contribution in [3.8, 4) is 0 Å². The number of amides is 1. The second-order valence-corrected chi connectivity index (χ2v) is 5.99. The average Bonchev–Trinajstić information content (AvgIpc) is 2.26. The molecule has 0 spiro atoms. The van der Waals surface area contributed by atoms with Crippen molar-refractivity contribution in [2.75, 3.05) is 0 Å². The second kappa shape index (κ2) is 5.38. The molecule has 110 valence electrons. The molecular weight excluding hydrogens is 284 g/mol. The molecule has 1 amide bonds. The molecule has 1 aromatic carbocycles. The highest BCUT2D eigenvalue weighted by Gasteiger charge is 2.37. The van der Waals surface area contributed by atoms with Gasteiger partial charge in [0.2, 0.25) is 0 Å². The lowest BCUT2D eigenvalue weighted by Gasteiger charge is -2.37. The lowest BCUT2D eigenvalue weighted by atomic mass is 9.85. The molecule has 2 N–H and O–H groups in total. The number of aliphatic hydroxyl groups is 1. The first-order chi connectivity index (χ1) is 8.95. The number of halogens is 1. The molecule has 0 aliphatic rings. The van der Waals surface area contributed by atoms with Crippen LogP contribution in [0.3, 0.4) is 0 Å². The summed E-state index contributed by atoms with van der Waals surface area (Å²) in [4.78, 5) is 22.5. The Bertz CT molecular complexity index is 550. The first kappa shape index (κ1) is 16.4. The van der Waals surface area contributed by atoms with Crippen molar-refractivity contribution in [3.63, 3.8) is 0 Å². The van der Waals surface area contributed by atoms with Crippen molar-refractivity contribution >= 4 is 23.2 Å². The zero-order valence-electron chi connectivity index (χ0n) is 11.7. The van der Waals surface area contributed by atoms with Gasteiger partial charge in [0.1, 0.15) is 5.56 Å². The molecule has 20 heavy (non-hydrogen) atoms. The van der Waals surface area contributed by atoms with Gasteiger partial charge in [-0.05, 0) is 39.8 Å². The minimum Gasteiger partial charge on any atom is -0.388 e. The number of rotatable bonds is 4. The molecule has 0 aliphatic carbocycles. The Morgan fingerprint density at radius 1 is 1.35 bits per heavy atom. The van der Waals surface area contributed by atoms with Crippen LogP contribution in [0.2, 0.25) is 5.02 Å². The van der Waals surface area contributed by atoms with Gasteiger partial charge in [-0.3, -0.25) is 14.9 Å². The molecule has 1 aromatic rings. The molecule has 0 aliphatic heterocycles. The van der Waals surface area contributed by atoms with Crippen LogP contribution in [-0.2, 0) is 0 Å². The van der Waals surface area contributed by atoms with Crippen molar-refractivity contribution in [3.05, 3.63) is 38.9 Å². The molecule has 6 nitrogen and oxygen atoms in total. The van der Waals surface area contributed by atoms with Crippen LogP contribution in [0.4, 0.5) is 5.69 Å². The van der Waals surface area contributed by atoms with Crippen molar-refractivity contribution in [1.29, 1.82) is 0 Å². The molecule has 1 rings (SSSR count). The summed E-state index contributed by atoms with van der Waals surface area (Å²) in [5.41, 5.74) is -2.64. The second-order valence-electron chi connectivity index (χ2n) is 5.56. The number of carbonyl (C=O) groups is 1. The van der Waals surface area contributed by atoms with Gasteiger partial charge in [0.25, 0.3) is 11.6 Å². The summed E-state index contributed by atoms with van der Waals surface area (Å²) >= 11 is 5.77. The topological polar surface area (TPSA) is 92.5 Å². The van der Waals surface area contributed by atoms with Gasteiger partial charge in [0, 0.05) is 11.1 Å². The Morgan fingerprint density at radius 2 is 1.90 bits per heavy atom. The van der Waals surface area contributed by atoms with Crippen LogP contribution < -0.4 is 5.32 Å². The minimum atomic E-state index is -1.20. The smallest absolute Gasteiger partial charge is 0.282 e. The van der Waals surface area contributed by atoms with E-state index in [1.165, 1.54) is 18.2 Å².